The number of rotatable bonds is 5. The van der Waals surface area contributed by atoms with Gasteiger partial charge >= 0.3 is 5.97 Å². The van der Waals surface area contributed by atoms with E-state index >= 15 is 0 Å². The fourth-order valence-electron chi connectivity index (χ4n) is 2.17. The fraction of sp³-hybridized carbons (Fsp3) is 0.214. The van der Waals surface area contributed by atoms with E-state index < -0.39 is 15.8 Å². The van der Waals surface area contributed by atoms with Crippen LogP contribution in [-0.2, 0) is 14.7 Å². The first kappa shape index (κ1) is 15.3. The molecule has 112 valence electrons. The van der Waals surface area contributed by atoms with Crippen molar-refractivity contribution in [3.8, 4) is 0 Å². The fourth-order valence-corrected chi connectivity index (χ4v) is 3.58. The molecule has 1 aromatic carbocycles. The Bertz CT molecular complexity index is 734. The standard InChI is InChI=1S/C14H15NO5S/c1-3-7-20-15-11-6-8-21(18,19)12-5-4-10(14(16)17)9(2)13(11)12/h3-6,15H,1,7-8H2,2H3,(H,16,17). The van der Waals surface area contributed by atoms with Gasteiger partial charge in [-0.2, -0.15) is 0 Å². The SMILES string of the molecule is C=CCONC1=CCS(=O)(=O)c2ccc(C(=O)O)c(C)c21. The van der Waals surface area contributed by atoms with Crippen LogP contribution in [0.25, 0.3) is 5.70 Å². The van der Waals surface area contributed by atoms with Crippen LogP contribution in [0, 0.1) is 6.92 Å². The molecular formula is C14H15NO5S. The lowest BCUT2D eigenvalue weighted by Gasteiger charge is -2.21. The monoisotopic (exact) mass is 309 g/mol. The molecule has 0 atom stereocenters. The molecule has 0 saturated carbocycles. The molecule has 0 fully saturated rings. The highest BCUT2D eigenvalue weighted by molar-refractivity contribution is 7.91. The lowest BCUT2D eigenvalue weighted by atomic mass is 9.99. The summed E-state index contributed by atoms with van der Waals surface area (Å²) >= 11 is 0. The topological polar surface area (TPSA) is 92.7 Å². The van der Waals surface area contributed by atoms with Crippen LogP contribution in [0.15, 0.2) is 35.8 Å². The quantitative estimate of drug-likeness (QED) is 0.487. The Labute approximate surface area is 122 Å². The van der Waals surface area contributed by atoms with Gasteiger partial charge in [0.2, 0.25) is 0 Å². The van der Waals surface area contributed by atoms with E-state index in [4.69, 9.17) is 9.94 Å². The van der Waals surface area contributed by atoms with Crippen molar-refractivity contribution >= 4 is 21.5 Å². The van der Waals surface area contributed by atoms with Crippen molar-refractivity contribution in [3.63, 3.8) is 0 Å². The first-order valence-corrected chi connectivity index (χ1v) is 7.82. The Balaban J connectivity index is 2.57. The zero-order chi connectivity index (χ0) is 15.6. The summed E-state index contributed by atoms with van der Waals surface area (Å²) in [5.41, 5.74) is 3.88. The van der Waals surface area contributed by atoms with Crippen molar-refractivity contribution in [1.29, 1.82) is 0 Å². The first-order valence-electron chi connectivity index (χ1n) is 6.17. The van der Waals surface area contributed by atoms with Gasteiger partial charge in [-0.05, 0) is 30.7 Å². The van der Waals surface area contributed by atoms with E-state index in [0.717, 1.165) is 0 Å². The maximum absolute atomic E-state index is 12.1. The van der Waals surface area contributed by atoms with E-state index in [2.05, 4.69) is 12.1 Å². The van der Waals surface area contributed by atoms with Crippen molar-refractivity contribution in [2.45, 2.75) is 11.8 Å². The molecule has 0 spiro atoms. The minimum Gasteiger partial charge on any atom is -0.478 e. The van der Waals surface area contributed by atoms with Gasteiger partial charge in [-0.25, -0.2) is 13.2 Å². The van der Waals surface area contributed by atoms with Crippen LogP contribution >= 0.6 is 0 Å². The number of fused-ring (bicyclic) bond motifs is 1. The van der Waals surface area contributed by atoms with E-state index in [-0.39, 0.29) is 22.8 Å². The Hall–Kier alpha value is -2.12. The Kier molecular flexibility index (Phi) is 4.15. The largest absolute Gasteiger partial charge is 0.478 e. The molecule has 0 bridgehead atoms. The molecule has 1 heterocycles. The van der Waals surface area contributed by atoms with Gasteiger partial charge in [-0.1, -0.05) is 6.08 Å². The van der Waals surface area contributed by atoms with Gasteiger partial charge in [-0.3, -0.25) is 10.3 Å². The van der Waals surface area contributed by atoms with E-state index in [1.807, 2.05) is 0 Å². The summed E-state index contributed by atoms with van der Waals surface area (Å²) < 4.78 is 24.2. The summed E-state index contributed by atoms with van der Waals surface area (Å²) in [5, 5.41) is 9.16. The molecule has 0 radical (unpaired) electrons. The number of benzene rings is 1. The second kappa shape index (κ2) is 5.71. The molecule has 21 heavy (non-hydrogen) atoms. The van der Waals surface area contributed by atoms with Crippen molar-refractivity contribution in [2.24, 2.45) is 0 Å². The summed E-state index contributed by atoms with van der Waals surface area (Å²) in [6, 6.07) is 2.63. The second-order valence-electron chi connectivity index (χ2n) is 4.52. The number of hydrogen-bond donors (Lipinski definition) is 2. The van der Waals surface area contributed by atoms with Gasteiger partial charge in [-0.15, -0.1) is 6.58 Å². The minimum absolute atomic E-state index is 0.0577. The number of carbonyl (C=O) groups is 1. The highest BCUT2D eigenvalue weighted by Gasteiger charge is 2.28. The van der Waals surface area contributed by atoms with Crippen LogP contribution in [-0.4, -0.2) is 31.9 Å². The number of carboxylic acids is 1. The lowest BCUT2D eigenvalue weighted by molar-refractivity contribution is 0.0695. The zero-order valence-corrected chi connectivity index (χ0v) is 12.2. The normalized spacial score (nSPS) is 15.8. The van der Waals surface area contributed by atoms with Crippen LogP contribution in [0.4, 0.5) is 0 Å². The third-order valence-electron chi connectivity index (χ3n) is 3.15. The average molecular weight is 309 g/mol. The highest BCUT2D eigenvalue weighted by atomic mass is 32.2. The van der Waals surface area contributed by atoms with E-state index in [1.165, 1.54) is 24.3 Å². The third kappa shape index (κ3) is 2.84. The summed E-state index contributed by atoms with van der Waals surface area (Å²) in [7, 11) is -3.46. The number of hydroxylamine groups is 1. The van der Waals surface area contributed by atoms with Crippen molar-refractivity contribution < 1.29 is 23.2 Å². The Morgan fingerprint density at radius 1 is 1.52 bits per heavy atom. The zero-order valence-electron chi connectivity index (χ0n) is 11.4. The first-order chi connectivity index (χ1) is 9.88. The van der Waals surface area contributed by atoms with Gasteiger partial charge in [0.1, 0.15) is 0 Å². The second-order valence-corrected chi connectivity index (χ2v) is 6.52. The van der Waals surface area contributed by atoms with E-state index in [0.29, 0.717) is 16.8 Å². The molecular weight excluding hydrogens is 294 g/mol. The molecule has 7 heteroatoms. The number of sulfone groups is 1. The van der Waals surface area contributed by atoms with Gasteiger partial charge < -0.3 is 5.11 Å². The molecule has 0 unspecified atom stereocenters. The molecule has 1 aromatic rings. The van der Waals surface area contributed by atoms with Crippen molar-refractivity contribution in [3.05, 3.63) is 47.6 Å². The smallest absolute Gasteiger partial charge is 0.335 e. The van der Waals surface area contributed by atoms with Crippen LogP contribution in [0.3, 0.4) is 0 Å². The Morgan fingerprint density at radius 3 is 2.86 bits per heavy atom. The van der Waals surface area contributed by atoms with Crippen LogP contribution in [0.2, 0.25) is 0 Å². The van der Waals surface area contributed by atoms with Gasteiger partial charge in [0.15, 0.2) is 9.84 Å². The predicted octanol–water partition coefficient (Wildman–Crippen LogP) is 1.53. The molecule has 1 aliphatic heterocycles. The molecule has 6 nitrogen and oxygen atoms in total. The molecule has 0 amide bonds. The third-order valence-corrected chi connectivity index (χ3v) is 4.77. The van der Waals surface area contributed by atoms with Gasteiger partial charge in [0, 0.05) is 5.56 Å². The predicted molar refractivity (Wildman–Crippen MR) is 77.5 cm³/mol. The van der Waals surface area contributed by atoms with Crippen LogP contribution in [0.1, 0.15) is 21.5 Å². The molecule has 2 N–H and O–H groups in total. The lowest BCUT2D eigenvalue weighted by Crippen LogP contribution is -2.23. The van der Waals surface area contributed by atoms with E-state index in [9.17, 15) is 13.2 Å². The molecule has 0 aromatic heterocycles. The number of hydrogen-bond acceptors (Lipinski definition) is 5. The highest BCUT2D eigenvalue weighted by Crippen LogP contribution is 2.32. The number of aromatic carboxylic acids is 1. The molecule has 2 rings (SSSR count). The summed E-state index contributed by atoms with van der Waals surface area (Å²) in [6.07, 6.45) is 3.01. The Morgan fingerprint density at radius 2 is 2.24 bits per heavy atom. The van der Waals surface area contributed by atoms with Gasteiger partial charge in [0.05, 0.1) is 28.5 Å². The van der Waals surface area contributed by atoms with Crippen LogP contribution in [0.5, 0.6) is 0 Å². The average Bonchev–Trinajstić information content (AvgIpc) is 2.41. The number of carboxylic acid groups (broad SMARTS) is 1. The maximum atomic E-state index is 12.1. The number of nitrogens with one attached hydrogen (secondary N) is 1. The molecule has 0 saturated heterocycles. The van der Waals surface area contributed by atoms with Gasteiger partial charge in [0.25, 0.3) is 0 Å². The molecule has 1 aliphatic rings. The van der Waals surface area contributed by atoms with Crippen LogP contribution < -0.4 is 5.48 Å². The van der Waals surface area contributed by atoms with Crippen molar-refractivity contribution in [1.82, 2.24) is 5.48 Å². The minimum atomic E-state index is -3.46. The summed E-state index contributed by atoms with van der Waals surface area (Å²) in [5.74, 6) is -1.27. The van der Waals surface area contributed by atoms with E-state index in [1.54, 1.807) is 6.92 Å². The maximum Gasteiger partial charge on any atom is 0.335 e. The summed E-state index contributed by atoms with van der Waals surface area (Å²) in [4.78, 5) is 16.4. The van der Waals surface area contributed by atoms with Crippen molar-refractivity contribution in [2.75, 3.05) is 12.4 Å². The summed E-state index contributed by atoms with van der Waals surface area (Å²) in [6.45, 7) is 5.32. The molecule has 0 aliphatic carbocycles.